The molecule has 1 fully saturated rings. The van der Waals surface area contributed by atoms with Crippen molar-refractivity contribution >= 4 is 28.0 Å². The number of aliphatic carboxylic acids is 1. The molecule has 1 saturated heterocycles. The lowest BCUT2D eigenvalue weighted by molar-refractivity contribution is -0.157. The lowest BCUT2D eigenvalue weighted by Gasteiger charge is -2.34. The minimum Gasteiger partial charge on any atom is -0.480 e. The van der Waals surface area contributed by atoms with Crippen LogP contribution in [0.25, 0.3) is 11.1 Å². The molecular formula is C26H26BrN3O6. The Morgan fingerprint density at radius 1 is 1.17 bits per heavy atom. The fourth-order valence-electron chi connectivity index (χ4n) is 5.03. The zero-order valence-electron chi connectivity index (χ0n) is 19.7. The van der Waals surface area contributed by atoms with E-state index in [9.17, 15) is 14.7 Å². The average molecular weight is 556 g/mol. The summed E-state index contributed by atoms with van der Waals surface area (Å²) < 4.78 is 19.8. The van der Waals surface area contributed by atoms with Crippen molar-refractivity contribution in [3.8, 4) is 11.1 Å². The molecule has 1 aromatic heterocycles. The molecule has 0 saturated carbocycles. The highest BCUT2D eigenvalue weighted by Gasteiger charge is 2.44. The fraction of sp³-hybridized carbons (Fsp3) is 0.346. The smallest absolute Gasteiger partial charge is 0.409 e. The normalized spacial score (nSPS) is 19.4. The summed E-state index contributed by atoms with van der Waals surface area (Å²) in [5, 5.41) is 9.28. The lowest BCUT2D eigenvalue weighted by atomic mass is 9.98. The maximum absolute atomic E-state index is 13.3. The first kappa shape index (κ1) is 24.5. The molecule has 36 heavy (non-hydrogen) atoms. The van der Waals surface area contributed by atoms with Crippen molar-refractivity contribution in [2.75, 3.05) is 39.5 Å². The molecule has 2 heterocycles. The first-order valence-electron chi connectivity index (χ1n) is 11.6. The molecule has 2 aliphatic rings. The minimum atomic E-state index is -1.28. The third-order valence-corrected chi connectivity index (χ3v) is 6.99. The maximum atomic E-state index is 13.3. The summed E-state index contributed by atoms with van der Waals surface area (Å²) in [6.45, 7) is 0.237. The first-order chi connectivity index (χ1) is 17.4. The van der Waals surface area contributed by atoms with Gasteiger partial charge in [-0.05, 0) is 38.2 Å². The third-order valence-electron chi connectivity index (χ3n) is 6.61. The number of aryl methyl sites for hydroxylation is 1. The van der Waals surface area contributed by atoms with E-state index in [4.69, 9.17) is 14.2 Å². The zero-order chi connectivity index (χ0) is 25.3. The van der Waals surface area contributed by atoms with Crippen LogP contribution in [-0.4, -0.2) is 71.1 Å². The van der Waals surface area contributed by atoms with Gasteiger partial charge in [-0.3, -0.25) is 0 Å². The van der Waals surface area contributed by atoms with Gasteiger partial charge >= 0.3 is 12.1 Å². The Hall–Kier alpha value is -3.21. The number of carbonyl (C=O) groups excluding carboxylic acids is 1. The van der Waals surface area contributed by atoms with E-state index in [1.165, 1.54) is 4.90 Å². The Balaban J connectivity index is 1.37. The number of amides is 1. The van der Waals surface area contributed by atoms with Crippen LogP contribution in [0.1, 0.15) is 22.9 Å². The van der Waals surface area contributed by atoms with Gasteiger partial charge in [-0.2, -0.15) is 0 Å². The summed E-state index contributed by atoms with van der Waals surface area (Å²) in [5.41, 5.74) is 3.28. The molecule has 1 aliphatic heterocycles. The van der Waals surface area contributed by atoms with Gasteiger partial charge in [-0.1, -0.05) is 48.5 Å². The van der Waals surface area contributed by atoms with Crippen molar-refractivity contribution in [2.24, 2.45) is 7.05 Å². The largest absolute Gasteiger partial charge is 0.480 e. The predicted octanol–water partition coefficient (Wildman–Crippen LogP) is 3.76. The number of carboxylic acids is 1. The summed E-state index contributed by atoms with van der Waals surface area (Å²) in [6.07, 6.45) is 1.22. The van der Waals surface area contributed by atoms with Crippen LogP contribution in [0.4, 0.5) is 4.79 Å². The first-order valence-corrected chi connectivity index (χ1v) is 12.4. The van der Waals surface area contributed by atoms with Crippen molar-refractivity contribution in [3.05, 3.63) is 76.3 Å². The lowest BCUT2D eigenvalue weighted by Crippen LogP contribution is -2.48. The van der Waals surface area contributed by atoms with Gasteiger partial charge in [0.1, 0.15) is 23.6 Å². The van der Waals surface area contributed by atoms with Gasteiger partial charge in [0.25, 0.3) is 0 Å². The van der Waals surface area contributed by atoms with Gasteiger partial charge in [0.15, 0.2) is 5.60 Å². The second-order valence-electron chi connectivity index (χ2n) is 8.95. The maximum Gasteiger partial charge on any atom is 0.409 e. The SMILES string of the molecule is Cn1cc(Br)nc1C1(OCC(=O)O)COCCN(C(=O)OCC2c3ccccc3-c3ccccc32)C1. The molecule has 9 nitrogen and oxygen atoms in total. The summed E-state index contributed by atoms with van der Waals surface area (Å²) in [4.78, 5) is 30.7. The molecule has 1 N–H and O–H groups in total. The molecule has 0 radical (unpaired) electrons. The number of hydrogen-bond acceptors (Lipinski definition) is 6. The van der Waals surface area contributed by atoms with E-state index in [-0.39, 0.29) is 38.8 Å². The average Bonchev–Trinajstić information content (AvgIpc) is 3.28. The van der Waals surface area contributed by atoms with Gasteiger partial charge in [0.05, 0.1) is 19.8 Å². The molecule has 3 aromatic rings. The molecule has 1 amide bonds. The molecule has 0 spiro atoms. The molecule has 2 aromatic carbocycles. The topological polar surface area (TPSA) is 103 Å². The Morgan fingerprint density at radius 3 is 2.44 bits per heavy atom. The predicted molar refractivity (Wildman–Crippen MR) is 134 cm³/mol. The van der Waals surface area contributed by atoms with E-state index in [1.807, 2.05) is 24.3 Å². The molecule has 1 atom stereocenters. The summed E-state index contributed by atoms with van der Waals surface area (Å²) in [6, 6.07) is 16.3. The van der Waals surface area contributed by atoms with Crippen molar-refractivity contribution in [1.82, 2.24) is 14.5 Å². The Morgan fingerprint density at radius 2 is 1.83 bits per heavy atom. The number of fused-ring (bicyclic) bond motifs is 3. The van der Waals surface area contributed by atoms with E-state index in [2.05, 4.69) is 45.2 Å². The van der Waals surface area contributed by atoms with Crippen molar-refractivity contribution < 1.29 is 28.9 Å². The molecule has 1 unspecified atom stereocenters. The molecule has 5 rings (SSSR count). The van der Waals surface area contributed by atoms with E-state index in [1.54, 1.807) is 17.8 Å². The third kappa shape index (κ3) is 4.63. The van der Waals surface area contributed by atoms with Gasteiger partial charge in [0.2, 0.25) is 0 Å². The van der Waals surface area contributed by atoms with E-state index in [0.717, 1.165) is 22.3 Å². The van der Waals surface area contributed by atoms with E-state index in [0.29, 0.717) is 10.4 Å². The minimum absolute atomic E-state index is 0.0360. The van der Waals surface area contributed by atoms with Crippen LogP contribution in [0.2, 0.25) is 0 Å². The van der Waals surface area contributed by atoms with Crippen molar-refractivity contribution in [1.29, 1.82) is 0 Å². The number of aromatic nitrogens is 2. The van der Waals surface area contributed by atoms with Crippen LogP contribution in [0.15, 0.2) is 59.3 Å². The number of carbonyl (C=O) groups is 2. The fourth-order valence-corrected chi connectivity index (χ4v) is 5.50. The van der Waals surface area contributed by atoms with E-state index < -0.39 is 24.3 Å². The molecular weight excluding hydrogens is 530 g/mol. The number of carboxylic acid groups (broad SMARTS) is 1. The highest BCUT2D eigenvalue weighted by molar-refractivity contribution is 9.10. The number of rotatable bonds is 6. The zero-order valence-corrected chi connectivity index (χ0v) is 21.3. The quantitative estimate of drug-likeness (QED) is 0.493. The summed E-state index contributed by atoms with van der Waals surface area (Å²) in [5.74, 6) is -0.739. The number of benzene rings is 2. The number of hydrogen-bond donors (Lipinski definition) is 1. The number of halogens is 1. The van der Waals surface area contributed by atoms with E-state index >= 15 is 0 Å². The Bertz CT molecular complexity index is 1250. The molecule has 10 heteroatoms. The second-order valence-corrected chi connectivity index (χ2v) is 9.77. The van der Waals surface area contributed by atoms with Crippen molar-refractivity contribution in [2.45, 2.75) is 11.5 Å². The molecule has 1 aliphatic carbocycles. The standard InChI is InChI=1S/C26H26BrN3O6/c1-29-12-22(27)28-24(29)26(36-14-23(31)32)15-30(10-11-34-16-26)25(33)35-13-21-19-8-4-2-6-17(19)18-7-3-5-9-20(18)21/h2-9,12,21H,10-11,13-16H2,1H3,(H,31,32). The Labute approximate surface area is 216 Å². The highest BCUT2D eigenvalue weighted by atomic mass is 79.9. The van der Waals surface area contributed by atoms with Crippen LogP contribution >= 0.6 is 15.9 Å². The van der Waals surface area contributed by atoms with Crippen molar-refractivity contribution in [3.63, 3.8) is 0 Å². The van der Waals surface area contributed by atoms with Crippen LogP contribution in [0, 0.1) is 0 Å². The number of ether oxygens (including phenoxy) is 3. The Kier molecular flexibility index (Phi) is 6.83. The molecule has 188 valence electrons. The van der Waals surface area contributed by atoms with Crippen LogP contribution in [0.5, 0.6) is 0 Å². The van der Waals surface area contributed by atoms with Crippen LogP contribution < -0.4 is 0 Å². The number of imidazole rings is 1. The van der Waals surface area contributed by atoms with Gasteiger partial charge in [-0.15, -0.1) is 0 Å². The highest BCUT2D eigenvalue weighted by Crippen LogP contribution is 2.44. The summed E-state index contributed by atoms with van der Waals surface area (Å²) >= 11 is 3.36. The van der Waals surface area contributed by atoms with Gasteiger partial charge in [-0.25, -0.2) is 14.6 Å². The second kappa shape index (κ2) is 10.0. The van der Waals surface area contributed by atoms with Crippen LogP contribution in [-0.2, 0) is 31.7 Å². The van der Waals surface area contributed by atoms with Crippen LogP contribution in [0.3, 0.4) is 0 Å². The summed E-state index contributed by atoms with van der Waals surface area (Å²) in [7, 11) is 1.78. The monoisotopic (exact) mass is 555 g/mol. The molecule has 0 bridgehead atoms. The van der Waals surface area contributed by atoms with Gasteiger partial charge < -0.3 is 28.8 Å². The number of nitrogens with zero attached hydrogens (tertiary/aromatic N) is 3. The van der Waals surface area contributed by atoms with Gasteiger partial charge in [0, 0.05) is 25.7 Å².